The second-order valence-corrected chi connectivity index (χ2v) is 9.65. The van der Waals surface area contributed by atoms with Gasteiger partial charge in [0, 0.05) is 24.1 Å². The highest BCUT2D eigenvalue weighted by molar-refractivity contribution is 6.21. The van der Waals surface area contributed by atoms with Crippen LogP contribution in [0.4, 0.5) is 4.39 Å². The van der Waals surface area contributed by atoms with E-state index in [2.05, 4.69) is 0 Å². The number of aromatic carboxylic acids is 1. The number of ether oxygens (including phenoxy) is 2. The van der Waals surface area contributed by atoms with Gasteiger partial charge in [-0.1, -0.05) is 48.6 Å². The Morgan fingerprint density at radius 2 is 2.00 bits per heavy atom. The number of fused-ring (bicyclic) bond motifs is 2. The van der Waals surface area contributed by atoms with E-state index in [1.54, 1.807) is 12.1 Å². The summed E-state index contributed by atoms with van der Waals surface area (Å²) in [4.78, 5) is 11.3. The zero-order valence-corrected chi connectivity index (χ0v) is 18.7. The first-order valence-electron chi connectivity index (χ1n) is 11.3. The molecule has 0 aromatic heterocycles. The Bertz CT molecular complexity index is 1070. The summed E-state index contributed by atoms with van der Waals surface area (Å²) in [7, 11) is 0. The standard InChI is InChI=1S/C26H26ClFO5/c27-20-14-21-18(8-6-15-7-9-19(25(30)31)23(28)24(15)33-21)17(20)10-11-22(29)26(12-13-32-26)16-4-2-1-3-5-16/h1-5,7,9-11,17-18,20-22,29H,6,8,12-14H2,(H,30,31)/b11-10+/t17-,18-,20-,21+,22?,26?/m1/s1. The zero-order valence-electron chi connectivity index (χ0n) is 18.0. The first kappa shape index (κ1) is 22.4. The predicted octanol–water partition coefficient (Wildman–Crippen LogP) is 4.69. The highest BCUT2D eigenvalue weighted by atomic mass is 35.5. The number of alkyl halides is 1. The molecule has 1 aliphatic carbocycles. The molecular formula is C26H26ClFO5. The summed E-state index contributed by atoms with van der Waals surface area (Å²) in [6.45, 7) is 0.599. The molecule has 1 saturated carbocycles. The molecule has 2 fully saturated rings. The van der Waals surface area contributed by atoms with Crippen molar-refractivity contribution in [2.45, 2.75) is 48.9 Å². The van der Waals surface area contributed by atoms with Crippen molar-refractivity contribution in [2.75, 3.05) is 6.61 Å². The Morgan fingerprint density at radius 1 is 1.24 bits per heavy atom. The number of aliphatic hydroxyl groups is 1. The lowest BCUT2D eigenvalue weighted by Crippen LogP contribution is -2.49. The minimum absolute atomic E-state index is 0.0295. The summed E-state index contributed by atoms with van der Waals surface area (Å²) in [6, 6.07) is 12.6. The molecule has 5 nitrogen and oxygen atoms in total. The van der Waals surface area contributed by atoms with Crippen LogP contribution in [0.1, 0.15) is 40.7 Å². The number of halogens is 2. The minimum Gasteiger partial charge on any atom is -0.487 e. The van der Waals surface area contributed by atoms with Gasteiger partial charge in [0.05, 0.1) is 12.2 Å². The first-order valence-corrected chi connectivity index (χ1v) is 11.8. The van der Waals surface area contributed by atoms with Crippen LogP contribution in [0.15, 0.2) is 54.6 Å². The summed E-state index contributed by atoms with van der Waals surface area (Å²) in [5.74, 6) is -2.14. The van der Waals surface area contributed by atoms with Gasteiger partial charge in [-0.3, -0.25) is 0 Å². The van der Waals surface area contributed by atoms with E-state index >= 15 is 0 Å². The quantitative estimate of drug-likeness (QED) is 0.487. The SMILES string of the molecule is O=C(O)c1ccc2c(c1F)O[C@H]1C[C@@H](Cl)[C@H](/C=C/C(O)C3(c4ccccc4)CCO3)[C@H]1CC2. The third-order valence-corrected chi connectivity index (χ3v) is 7.83. The number of aryl methyl sites for hydroxylation is 1. The van der Waals surface area contributed by atoms with Crippen LogP contribution in [0.2, 0.25) is 0 Å². The second-order valence-electron chi connectivity index (χ2n) is 9.09. The number of carboxylic acids is 1. The third-order valence-electron chi connectivity index (χ3n) is 7.36. The minimum atomic E-state index is -1.32. The van der Waals surface area contributed by atoms with E-state index in [0.717, 1.165) is 18.4 Å². The van der Waals surface area contributed by atoms with Crippen molar-refractivity contribution < 1.29 is 28.9 Å². The van der Waals surface area contributed by atoms with Gasteiger partial charge in [-0.2, -0.15) is 0 Å². The highest BCUT2D eigenvalue weighted by Gasteiger charge is 2.47. The van der Waals surface area contributed by atoms with E-state index in [1.807, 2.05) is 36.4 Å². The molecule has 3 aliphatic rings. The van der Waals surface area contributed by atoms with Gasteiger partial charge >= 0.3 is 5.97 Å². The zero-order chi connectivity index (χ0) is 23.2. The Morgan fingerprint density at radius 3 is 2.67 bits per heavy atom. The van der Waals surface area contributed by atoms with Crippen LogP contribution in [0.3, 0.4) is 0 Å². The summed E-state index contributed by atoms with van der Waals surface area (Å²) in [6.07, 6.45) is 5.14. The molecule has 0 amide bonds. The molecule has 174 valence electrons. The maximum Gasteiger partial charge on any atom is 0.338 e. The molecule has 2 aromatic carbocycles. The van der Waals surface area contributed by atoms with Gasteiger partial charge in [-0.25, -0.2) is 9.18 Å². The van der Waals surface area contributed by atoms with Gasteiger partial charge in [0.1, 0.15) is 17.8 Å². The van der Waals surface area contributed by atoms with Crippen molar-refractivity contribution in [3.63, 3.8) is 0 Å². The van der Waals surface area contributed by atoms with Gasteiger partial charge in [0.2, 0.25) is 0 Å². The number of hydrogen-bond donors (Lipinski definition) is 2. The predicted molar refractivity (Wildman–Crippen MR) is 121 cm³/mol. The van der Waals surface area contributed by atoms with E-state index in [-0.39, 0.29) is 34.6 Å². The van der Waals surface area contributed by atoms with Crippen LogP contribution in [-0.4, -0.2) is 40.4 Å². The molecule has 7 heteroatoms. The monoisotopic (exact) mass is 472 g/mol. The lowest BCUT2D eigenvalue weighted by Gasteiger charge is -2.45. The number of aliphatic hydroxyl groups excluding tert-OH is 1. The van der Waals surface area contributed by atoms with Crippen LogP contribution < -0.4 is 4.74 Å². The molecule has 5 rings (SSSR count). The largest absolute Gasteiger partial charge is 0.487 e. The average molecular weight is 473 g/mol. The smallest absolute Gasteiger partial charge is 0.338 e. The molecule has 6 atom stereocenters. The molecule has 2 aliphatic heterocycles. The van der Waals surface area contributed by atoms with Crippen molar-refractivity contribution in [3.8, 4) is 5.75 Å². The number of carboxylic acid groups (broad SMARTS) is 1. The average Bonchev–Trinajstić information content (AvgIpc) is 2.93. The molecule has 2 N–H and O–H groups in total. The Labute approximate surface area is 196 Å². The number of hydrogen-bond acceptors (Lipinski definition) is 4. The van der Waals surface area contributed by atoms with Gasteiger partial charge < -0.3 is 19.7 Å². The van der Waals surface area contributed by atoms with Crippen LogP contribution in [0.25, 0.3) is 0 Å². The van der Waals surface area contributed by atoms with Crippen molar-refractivity contribution in [1.29, 1.82) is 0 Å². The van der Waals surface area contributed by atoms with Crippen molar-refractivity contribution in [1.82, 2.24) is 0 Å². The Kier molecular flexibility index (Phi) is 5.93. The maximum absolute atomic E-state index is 14.8. The second kappa shape index (κ2) is 8.75. The van der Waals surface area contributed by atoms with E-state index < -0.39 is 23.5 Å². The van der Waals surface area contributed by atoms with Crippen molar-refractivity contribution >= 4 is 17.6 Å². The number of rotatable bonds is 5. The fourth-order valence-corrected chi connectivity index (χ4v) is 5.92. The molecule has 0 spiro atoms. The van der Waals surface area contributed by atoms with Crippen LogP contribution >= 0.6 is 11.6 Å². The normalized spacial score (nSPS) is 31.7. The maximum atomic E-state index is 14.8. The summed E-state index contributed by atoms with van der Waals surface area (Å²) < 4.78 is 26.7. The number of allylic oxidation sites excluding steroid dienone is 1. The number of carbonyl (C=O) groups is 1. The van der Waals surface area contributed by atoms with Crippen LogP contribution in [0.5, 0.6) is 5.75 Å². The fraction of sp³-hybridized carbons (Fsp3) is 0.423. The lowest BCUT2D eigenvalue weighted by atomic mass is 9.80. The van der Waals surface area contributed by atoms with Gasteiger partial charge in [0.25, 0.3) is 0 Å². The van der Waals surface area contributed by atoms with Crippen molar-refractivity contribution in [3.05, 3.63) is 77.1 Å². The molecule has 0 bridgehead atoms. The summed E-state index contributed by atoms with van der Waals surface area (Å²) in [5.41, 5.74) is 0.480. The molecular weight excluding hydrogens is 447 g/mol. The third kappa shape index (κ3) is 3.84. The van der Waals surface area contributed by atoms with E-state index in [0.29, 0.717) is 25.0 Å². The molecule has 2 aromatic rings. The Hall–Kier alpha value is -2.41. The van der Waals surface area contributed by atoms with Crippen LogP contribution in [0, 0.1) is 17.7 Å². The first-order chi connectivity index (χ1) is 15.9. The summed E-state index contributed by atoms with van der Waals surface area (Å²) in [5, 5.41) is 20.1. The van der Waals surface area contributed by atoms with Gasteiger partial charge in [-0.15, -0.1) is 11.6 Å². The van der Waals surface area contributed by atoms with E-state index in [9.17, 15) is 19.4 Å². The fourth-order valence-electron chi connectivity index (χ4n) is 5.47. The molecule has 0 radical (unpaired) electrons. The molecule has 33 heavy (non-hydrogen) atoms. The lowest BCUT2D eigenvalue weighted by molar-refractivity contribution is -0.199. The highest BCUT2D eigenvalue weighted by Crippen LogP contribution is 2.46. The van der Waals surface area contributed by atoms with Crippen molar-refractivity contribution in [2.24, 2.45) is 11.8 Å². The topological polar surface area (TPSA) is 76.0 Å². The van der Waals surface area contributed by atoms with E-state index in [4.69, 9.17) is 21.1 Å². The Balaban J connectivity index is 1.36. The molecule has 2 heterocycles. The summed E-state index contributed by atoms with van der Waals surface area (Å²) >= 11 is 6.69. The van der Waals surface area contributed by atoms with E-state index in [1.165, 1.54) is 6.07 Å². The van der Waals surface area contributed by atoms with Gasteiger partial charge in [-0.05, 0) is 36.0 Å². The van der Waals surface area contributed by atoms with Crippen LogP contribution in [-0.2, 0) is 16.8 Å². The molecule has 2 unspecified atom stereocenters. The number of benzene rings is 2. The van der Waals surface area contributed by atoms with Gasteiger partial charge in [0.15, 0.2) is 11.6 Å². The molecule has 1 saturated heterocycles.